The van der Waals surface area contributed by atoms with Crippen LogP contribution in [-0.4, -0.2) is 54.2 Å². The number of benzene rings is 3. The molecule has 3 aromatic rings. The average molecular weight is 654 g/mol. The summed E-state index contributed by atoms with van der Waals surface area (Å²) < 4.78 is 46.9. The van der Waals surface area contributed by atoms with Crippen LogP contribution in [0.15, 0.2) is 48.5 Å². The second-order valence-electron chi connectivity index (χ2n) is 8.20. The van der Waals surface area contributed by atoms with Gasteiger partial charge < -0.3 is 18.9 Å². The van der Waals surface area contributed by atoms with Gasteiger partial charge in [-0.05, 0) is 73.5 Å². The lowest BCUT2D eigenvalue weighted by molar-refractivity contribution is 0.0600. The maximum Gasteiger partial charge on any atom is 0.337 e. The Morgan fingerprint density at radius 3 is 1.50 bits per heavy atom. The molecule has 0 saturated heterocycles. The van der Waals surface area contributed by atoms with Crippen LogP contribution < -0.4 is 14.2 Å². The number of halogens is 4. The van der Waals surface area contributed by atoms with E-state index in [1.165, 1.54) is 7.11 Å². The van der Waals surface area contributed by atoms with Crippen LogP contribution in [0.3, 0.4) is 0 Å². The van der Waals surface area contributed by atoms with Gasteiger partial charge in [0.25, 0.3) is 10.1 Å². The summed E-state index contributed by atoms with van der Waals surface area (Å²) in [6, 6.07) is 13.6. The normalized spacial score (nSPS) is 10.8. The van der Waals surface area contributed by atoms with Gasteiger partial charge in [0, 0.05) is 0 Å². The second-order valence-corrected chi connectivity index (χ2v) is 11.5. The summed E-state index contributed by atoms with van der Waals surface area (Å²) in [6.45, 7) is 4.34. The van der Waals surface area contributed by atoms with Crippen LogP contribution in [0.5, 0.6) is 17.2 Å². The fourth-order valence-electron chi connectivity index (χ4n) is 3.09. The van der Waals surface area contributed by atoms with Gasteiger partial charge in [0.15, 0.2) is 11.5 Å². The van der Waals surface area contributed by atoms with E-state index < -0.39 is 10.1 Å². The lowest BCUT2D eigenvalue weighted by atomic mass is 10.2. The maximum absolute atomic E-state index is 11.3. The zero-order valence-electron chi connectivity index (χ0n) is 22.1. The number of rotatable bonds is 11. The third-order valence-electron chi connectivity index (χ3n) is 4.79. The van der Waals surface area contributed by atoms with Crippen molar-refractivity contribution in [3.05, 3.63) is 85.3 Å². The SMILES string of the molecule is COC(=O)c1ccc(OCCOc2c(Cl)cc(C)cc2Cl)cc1.Cc1cc(Cl)c(OCCOS(C)(=O)=O)c(Cl)c1. The van der Waals surface area contributed by atoms with Crippen molar-refractivity contribution in [2.24, 2.45) is 0 Å². The number of aryl methyl sites for hydroxylation is 2. The van der Waals surface area contributed by atoms with Gasteiger partial charge in [-0.25, -0.2) is 4.79 Å². The molecule has 0 atom stereocenters. The number of hydrogen-bond donors (Lipinski definition) is 0. The van der Waals surface area contributed by atoms with Crippen molar-refractivity contribution in [3.63, 3.8) is 0 Å². The van der Waals surface area contributed by atoms with E-state index in [4.69, 9.17) is 60.6 Å². The lowest BCUT2D eigenvalue weighted by Gasteiger charge is -2.11. The largest absolute Gasteiger partial charge is 0.490 e. The summed E-state index contributed by atoms with van der Waals surface area (Å²) in [5, 5.41) is 1.71. The highest BCUT2D eigenvalue weighted by Crippen LogP contribution is 2.34. The predicted octanol–water partition coefficient (Wildman–Crippen LogP) is 7.20. The number of methoxy groups -OCH3 is 1. The second kappa shape index (κ2) is 16.1. The van der Waals surface area contributed by atoms with Crippen molar-refractivity contribution in [3.8, 4) is 17.2 Å². The third kappa shape index (κ3) is 11.6. The summed E-state index contributed by atoms with van der Waals surface area (Å²) in [5.74, 6) is 1.02. The standard InChI is InChI=1S/C17H16Cl2O4.C10H12Cl2O4S/c1-11-9-14(18)16(15(19)10-11)23-8-7-22-13-5-3-12(4-6-13)17(20)21-2;1-7-5-8(11)10(9(12)6-7)15-3-4-16-17(2,13)14/h3-6,9-10H,7-8H2,1-2H3;5-6H,3-4H2,1-2H3. The highest BCUT2D eigenvalue weighted by atomic mass is 35.5. The Hall–Kier alpha value is -2.40. The third-order valence-corrected chi connectivity index (χ3v) is 6.50. The van der Waals surface area contributed by atoms with Crippen molar-refractivity contribution in [1.82, 2.24) is 0 Å². The van der Waals surface area contributed by atoms with Crippen molar-refractivity contribution in [1.29, 1.82) is 0 Å². The molecule has 40 heavy (non-hydrogen) atoms. The molecule has 13 heteroatoms. The smallest absolute Gasteiger partial charge is 0.337 e. The Bertz CT molecular complexity index is 1350. The van der Waals surface area contributed by atoms with E-state index in [1.807, 2.05) is 13.8 Å². The molecule has 0 heterocycles. The van der Waals surface area contributed by atoms with Crippen molar-refractivity contribution in [2.45, 2.75) is 13.8 Å². The average Bonchev–Trinajstić information content (AvgIpc) is 2.86. The molecule has 0 unspecified atom stereocenters. The van der Waals surface area contributed by atoms with Gasteiger partial charge in [-0.15, -0.1) is 0 Å². The molecule has 0 amide bonds. The van der Waals surface area contributed by atoms with E-state index >= 15 is 0 Å². The Labute approximate surface area is 254 Å². The van der Waals surface area contributed by atoms with Gasteiger partial charge in [-0.2, -0.15) is 8.42 Å². The summed E-state index contributed by atoms with van der Waals surface area (Å²) in [4.78, 5) is 11.3. The molecule has 0 aliphatic heterocycles. The van der Waals surface area contributed by atoms with E-state index in [0.29, 0.717) is 56.1 Å². The molecule has 0 radical (unpaired) electrons. The first-order valence-corrected chi connectivity index (χ1v) is 15.0. The zero-order valence-corrected chi connectivity index (χ0v) is 26.0. The van der Waals surface area contributed by atoms with E-state index in [2.05, 4.69) is 8.92 Å². The molecule has 3 aromatic carbocycles. The molecule has 0 aromatic heterocycles. The van der Waals surface area contributed by atoms with Crippen LogP contribution in [0.4, 0.5) is 0 Å². The minimum absolute atomic E-state index is 0.0512. The molecular formula is C27H28Cl4O8S. The topological polar surface area (TPSA) is 97.4 Å². The Balaban J connectivity index is 0.000000294. The van der Waals surface area contributed by atoms with Crippen LogP contribution in [0.1, 0.15) is 21.5 Å². The molecule has 0 aliphatic rings. The minimum atomic E-state index is -3.45. The monoisotopic (exact) mass is 652 g/mol. The van der Waals surface area contributed by atoms with E-state index in [1.54, 1.807) is 48.5 Å². The highest BCUT2D eigenvalue weighted by Gasteiger charge is 2.10. The van der Waals surface area contributed by atoms with Gasteiger partial charge in [-0.3, -0.25) is 4.18 Å². The highest BCUT2D eigenvalue weighted by molar-refractivity contribution is 7.85. The van der Waals surface area contributed by atoms with Gasteiger partial charge in [-0.1, -0.05) is 46.4 Å². The van der Waals surface area contributed by atoms with Crippen molar-refractivity contribution >= 4 is 62.5 Å². The number of carbonyl (C=O) groups excluding carboxylic acids is 1. The fourth-order valence-corrected chi connectivity index (χ4v) is 4.87. The summed E-state index contributed by atoms with van der Waals surface area (Å²) in [7, 11) is -2.11. The molecular weight excluding hydrogens is 626 g/mol. The quantitative estimate of drug-likeness (QED) is 0.122. The van der Waals surface area contributed by atoms with Crippen LogP contribution in [-0.2, 0) is 19.0 Å². The predicted molar refractivity (Wildman–Crippen MR) is 157 cm³/mol. The Morgan fingerprint density at radius 2 is 1.10 bits per heavy atom. The molecule has 0 spiro atoms. The summed E-state index contributed by atoms with van der Waals surface area (Å²) >= 11 is 24.1. The first-order valence-electron chi connectivity index (χ1n) is 11.6. The summed E-state index contributed by atoms with van der Waals surface area (Å²) in [6.07, 6.45) is 0.971. The van der Waals surface area contributed by atoms with Gasteiger partial charge in [0.2, 0.25) is 0 Å². The molecule has 0 saturated carbocycles. The van der Waals surface area contributed by atoms with Crippen LogP contribution in [0.25, 0.3) is 0 Å². The first-order chi connectivity index (χ1) is 18.8. The number of esters is 1. The van der Waals surface area contributed by atoms with Gasteiger partial charge >= 0.3 is 5.97 Å². The number of hydrogen-bond acceptors (Lipinski definition) is 8. The number of carbonyl (C=O) groups is 1. The fraction of sp³-hybridized carbons (Fsp3) is 0.296. The molecule has 218 valence electrons. The molecule has 0 N–H and O–H groups in total. The molecule has 8 nitrogen and oxygen atoms in total. The van der Waals surface area contributed by atoms with Crippen molar-refractivity contribution in [2.75, 3.05) is 39.8 Å². The van der Waals surface area contributed by atoms with Crippen LogP contribution >= 0.6 is 46.4 Å². The summed E-state index contributed by atoms with van der Waals surface area (Å²) in [5.41, 5.74) is 2.35. The van der Waals surface area contributed by atoms with Crippen LogP contribution in [0.2, 0.25) is 20.1 Å². The molecule has 3 rings (SSSR count). The van der Waals surface area contributed by atoms with Gasteiger partial charge in [0.1, 0.15) is 32.2 Å². The van der Waals surface area contributed by atoms with E-state index in [0.717, 1.165) is 17.4 Å². The number of ether oxygens (including phenoxy) is 4. The molecule has 0 fully saturated rings. The van der Waals surface area contributed by atoms with Crippen LogP contribution in [0, 0.1) is 13.8 Å². The zero-order chi connectivity index (χ0) is 29.9. The van der Waals surface area contributed by atoms with Crippen molar-refractivity contribution < 1.29 is 36.3 Å². The lowest BCUT2D eigenvalue weighted by Crippen LogP contribution is -2.11. The first kappa shape index (κ1) is 33.8. The maximum atomic E-state index is 11.3. The molecule has 0 bridgehead atoms. The van der Waals surface area contributed by atoms with E-state index in [9.17, 15) is 13.2 Å². The van der Waals surface area contributed by atoms with E-state index in [-0.39, 0.29) is 19.2 Å². The molecule has 0 aliphatic carbocycles. The Kier molecular flexibility index (Phi) is 13.6. The van der Waals surface area contributed by atoms with Gasteiger partial charge in [0.05, 0.1) is 39.0 Å². The Morgan fingerprint density at radius 1 is 0.700 bits per heavy atom. The minimum Gasteiger partial charge on any atom is -0.490 e.